The number of hydrogen-bond donors (Lipinski definition) is 1. The summed E-state index contributed by atoms with van der Waals surface area (Å²) in [6.45, 7) is 0. The van der Waals surface area contributed by atoms with Crippen molar-refractivity contribution in [3.05, 3.63) is 45.6 Å². The SMILES string of the molecule is Brc1cc(Br)cc(-c2cc[nH]c2)c1. The van der Waals surface area contributed by atoms with Gasteiger partial charge in [-0.05, 0) is 35.4 Å². The third kappa shape index (κ3) is 2.03. The van der Waals surface area contributed by atoms with Gasteiger partial charge in [0.25, 0.3) is 0 Å². The molecule has 0 spiro atoms. The van der Waals surface area contributed by atoms with E-state index in [-0.39, 0.29) is 0 Å². The van der Waals surface area contributed by atoms with Crippen molar-refractivity contribution in [3.63, 3.8) is 0 Å². The Labute approximate surface area is 93.4 Å². The first-order valence-corrected chi connectivity index (χ1v) is 5.43. The van der Waals surface area contributed by atoms with Crippen LogP contribution in [0.5, 0.6) is 0 Å². The Morgan fingerprint density at radius 3 is 2.15 bits per heavy atom. The summed E-state index contributed by atoms with van der Waals surface area (Å²) in [6, 6.07) is 8.26. The fourth-order valence-corrected chi connectivity index (χ4v) is 2.52. The molecule has 1 heterocycles. The van der Waals surface area contributed by atoms with Crippen molar-refractivity contribution < 1.29 is 0 Å². The molecule has 1 N–H and O–H groups in total. The molecule has 1 aromatic carbocycles. The monoisotopic (exact) mass is 299 g/mol. The van der Waals surface area contributed by atoms with Crippen molar-refractivity contribution in [2.45, 2.75) is 0 Å². The minimum absolute atomic E-state index is 1.08. The molecule has 3 heteroatoms. The summed E-state index contributed by atoms with van der Waals surface area (Å²) < 4.78 is 2.16. The summed E-state index contributed by atoms with van der Waals surface area (Å²) in [6.07, 6.45) is 3.90. The van der Waals surface area contributed by atoms with Crippen molar-refractivity contribution in [3.8, 4) is 11.1 Å². The van der Waals surface area contributed by atoms with E-state index in [1.165, 1.54) is 11.1 Å². The summed E-state index contributed by atoms with van der Waals surface area (Å²) in [5.41, 5.74) is 2.39. The van der Waals surface area contributed by atoms with E-state index in [9.17, 15) is 0 Å². The highest BCUT2D eigenvalue weighted by atomic mass is 79.9. The zero-order valence-corrected chi connectivity index (χ0v) is 9.89. The van der Waals surface area contributed by atoms with E-state index in [1.54, 1.807) is 0 Å². The quantitative estimate of drug-likeness (QED) is 0.812. The number of aromatic amines is 1. The van der Waals surface area contributed by atoms with E-state index < -0.39 is 0 Å². The molecule has 0 amide bonds. The number of benzene rings is 1. The molecule has 1 aromatic heterocycles. The third-order valence-electron chi connectivity index (χ3n) is 1.79. The number of hydrogen-bond acceptors (Lipinski definition) is 0. The molecular weight excluding hydrogens is 294 g/mol. The summed E-state index contributed by atoms with van der Waals surface area (Å²) in [7, 11) is 0. The predicted molar refractivity (Wildman–Crippen MR) is 61.6 cm³/mol. The molecule has 0 saturated heterocycles. The third-order valence-corrected chi connectivity index (χ3v) is 2.71. The lowest BCUT2D eigenvalue weighted by Crippen LogP contribution is -1.75. The number of halogens is 2. The zero-order chi connectivity index (χ0) is 9.26. The molecule has 13 heavy (non-hydrogen) atoms. The highest BCUT2D eigenvalue weighted by Gasteiger charge is 2.00. The maximum atomic E-state index is 3.46. The smallest absolute Gasteiger partial charge is 0.0192 e. The first-order chi connectivity index (χ1) is 6.25. The van der Waals surface area contributed by atoms with Gasteiger partial charge in [-0.3, -0.25) is 0 Å². The Kier molecular flexibility index (Phi) is 2.56. The molecule has 2 aromatic rings. The molecule has 0 aliphatic heterocycles. The topological polar surface area (TPSA) is 15.8 Å². The van der Waals surface area contributed by atoms with E-state index in [0.717, 1.165) is 8.95 Å². The Hall–Kier alpha value is -0.540. The Morgan fingerprint density at radius 2 is 1.62 bits per heavy atom. The minimum atomic E-state index is 1.08. The highest BCUT2D eigenvalue weighted by Crippen LogP contribution is 2.27. The van der Waals surface area contributed by atoms with Gasteiger partial charge < -0.3 is 4.98 Å². The number of rotatable bonds is 1. The molecule has 0 aliphatic rings. The second-order valence-corrected chi connectivity index (χ2v) is 4.59. The number of H-pyrrole nitrogens is 1. The Morgan fingerprint density at radius 1 is 0.923 bits per heavy atom. The standard InChI is InChI=1S/C10H7Br2N/c11-9-3-8(4-10(12)5-9)7-1-2-13-6-7/h1-6,13H. The van der Waals surface area contributed by atoms with Gasteiger partial charge in [0.05, 0.1) is 0 Å². The molecule has 2 rings (SSSR count). The van der Waals surface area contributed by atoms with Gasteiger partial charge in [-0.1, -0.05) is 31.9 Å². The molecule has 0 saturated carbocycles. The molecule has 0 bridgehead atoms. The highest BCUT2D eigenvalue weighted by molar-refractivity contribution is 9.11. The number of nitrogens with one attached hydrogen (secondary N) is 1. The molecule has 1 nitrogen and oxygen atoms in total. The lowest BCUT2D eigenvalue weighted by molar-refractivity contribution is 1.41. The lowest BCUT2D eigenvalue weighted by atomic mass is 10.1. The van der Waals surface area contributed by atoms with Crippen LogP contribution in [0.3, 0.4) is 0 Å². The van der Waals surface area contributed by atoms with Gasteiger partial charge >= 0.3 is 0 Å². The summed E-state index contributed by atoms with van der Waals surface area (Å²) in [5.74, 6) is 0. The van der Waals surface area contributed by atoms with Crippen molar-refractivity contribution >= 4 is 31.9 Å². The normalized spacial score (nSPS) is 10.3. The second-order valence-electron chi connectivity index (χ2n) is 2.76. The van der Waals surface area contributed by atoms with Crippen molar-refractivity contribution in [1.29, 1.82) is 0 Å². The van der Waals surface area contributed by atoms with Crippen LogP contribution in [-0.4, -0.2) is 4.98 Å². The fraction of sp³-hybridized carbons (Fsp3) is 0. The van der Waals surface area contributed by atoms with Crippen LogP contribution in [-0.2, 0) is 0 Å². The second kappa shape index (κ2) is 3.68. The van der Waals surface area contributed by atoms with Gasteiger partial charge in [-0.2, -0.15) is 0 Å². The zero-order valence-electron chi connectivity index (χ0n) is 6.72. The maximum absolute atomic E-state index is 3.46. The van der Waals surface area contributed by atoms with Crippen molar-refractivity contribution in [2.24, 2.45) is 0 Å². The van der Waals surface area contributed by atoms with E-state index in [4.69, 9.17) is 0 Å². The van der Waals surface area contributed by atoms with Crippen LogP contribution < -0.4 is 0 Å². The maximum Gasteiger partial charge on any atom is 0.0192 e. The van der Waals surface area contributed by atoms with Gasteiger partial charge in [0.1, 0.15) is 0 Å². The molecule has 0 aliphatic carbocycles. The Balaban J connectivity index is 2.53. The summed E-state index contributed by atoms with van der Waals surface area (Å²) >= 11 is 6.92. The average Bonchev–Trinajstić information content (AvgIpc) is 2.53. The molecule has 0 radical (unpaired) electrons. The molecule has 0 unspecified atom stereocenters. The molecule has 66 valence electrons. The first kappa shape index (κ1) is 9.03. The summed E-state index contributed by atoms with van der Waals surface area (Å²) in [5, 5.41) is 0. The fourth-order valence-electron chi connectivity index (χ4n) is 1.22. The van der Waals surface area contributed by atoms with Gasteiger partial charge in [0.2, 0.25) is 0 Å². The first-order valence-electron chi connectivity index (χ1n) is 3.85. The van der Waals surface area contributed by atoms with Crippen molar-refractivity contribution in [1.82, 2.24) is 4.98 Å². The van der Waals surface area contributed by atoms with Gasteiger partial charge in [0, 0.05) is 21.3 Å². The average molecular weight is 301 g/mol. The predicted octanol–water partition coefficient (Wildman–Crippen LogP) is 4.21. The van der Waals surface area contributed by atoms with Crippen LogP contribution in [0.1, 0.15) is 0 Å². The molecule has 0 atom stereocenters. The van der Waals surface area contributed by atoms with Gasteiger partial charge in [-0.25, -0.2) is 0 Å². The number of aromatic nitrogens is 1. The summed E-state index contributed by atoms with van der Waals surface area (Å²) in [4.78, 5) is 3.04. The van der Waals surface area contributed by atoms with E-state index in [1.807, 2.05) is 24.5 Å². The van der Waals surface area contributed by atoms with E-state index in [0.29, 0.717) is 0 Å². The Bertz CT molecular complexity index is 387. The van der Waals surface area contributed by atoms with Gasteiger partial charge in [-0.15, -0.1) is 0 Å². The van der Waals surface area contributed by atoms with Crippen LogP contribution in [0.4, 0.5) is 0 Å². The van der Waals surface area contributed by atoms with E-state index >= 15 is 0 Å². The molecular formula is C10H7Br2N. The van der Waals surface area contributed by atoms with Gasteiger partial charge in [0.15, 0.2) is 0 Å². The lowest BCUT2D eigenvalue weighted by Gasteiger charge is -2.00. The van der Waals surface area contributed by atoms with Crippen LogP contribution in [0.2, 0.25) is 0 Å². The van der Waals surface area contributed by atoms with Crippen LogP contribution in [0.15, 0.2) is 45.6 Å². The van der Waals surface area contributed by atoms with Crippen molar-refractivity contribution in [2.75, 3.05) is 0 Å². The minimum Gasteiger partial charge on any atom is -0.367 e. The van der Waals surface area contributed by atoms with Crippen LogP contribution in [0, 0.1) is 0 Å². The largest absolute Gasteiger partial charge is 0.367 e. The van der Waals surface area contributed by atoms with Crippen LogP contribution in [0.25, 0.3) is 11.1 Å². The molecule has 0 fully saturated rings. The van der Waals surface area contributed by atoms with Crippen LogP contribution >= 0.6 is 31.9 Å². The van der Waals surface area contributed by atoms with E-state index in [2.05, 4.69) is 49.0 Å².